The Morgan fingerprint density at radius 1 is 0.581 bits per heavy atom. The largest absolute Gasteiger partial charge is 0.370 e. The maximum absolute atomic E-state index is 14.1. The smallest absolute Gasteiger partial charge is 0.316 e. The Balaban J connectivity index is 2.10. The van der Waals surface area contributed by atoms with Crippen molar-refractivity contribution in [2.24, 2.45) is 0 Å². The van der Waals surface area contributed by atoms with Crippen molar-refractivity contribution in [1.29, 1.82) is 5.26 Å². The standard InChI is InChI=1S/C17F3N11/c1-22-14-15(23-2)31-17-16(30-14)28-9-5-6(25-11(18)4(3-21)24-5)7-8(10(9)29-17)27-13(20)12(19)26-7. The fourth-order valence-electron chi connectivity index (χ4n) is 2.89. The van der Waals surface area contributed by atoms with Crippen molar-refractivity contribution in [2.75, 3.05) is 0 Å². The molecule has 144 valence electrons. The Morgan fingerprint density at radius 3 is 1.39 bits per heavy atom. The summed E-state index contributed by atoms with van der Waals surface area (Å²) in [6.07, 6.45) is 0. The molecule has 0 N–H and O–H groups in total. The van der Waals surface area contributed by atoms with E-state index in [1.165, 1.54) is 6.07 Å². The van der Waals surface area contributed by atoms with E-state index in [1.807, 2.05) is 0 Å². The summed E-state index contributed by atoms with van der Waals surface area (Å²) in [6.45, 7) is 14.2. The van der Waals surface area contributed by atoms with E-state index < -0.39 is 23.5 Å². The van der Waals surface area contributed by atoms with Gasteiger partial charge in [0.05, 0.1) is 0 Å². The molecule has 14 heteroatoms. The second kappa shape index (κ2) is 6.17. The molecule has 1 aromatic carbocycles. The summed E-state index contributed by atoms with van der Waals surface area (Å²) in [5, 5.41) is 9.09. The molecule has 0 saturated carbocycles. The average molecular weight is 415 g/mol. The molecule has 4 aromatic heterocycles. The Kier molecular flexibility index (Phi) is 3.56. The first kappa shape index (κ1) is 17.9. The molecule has 0 radical (unpaired) electrons. The Hall–Kier alpha value is -5.16. The van der Waals surface area contributed by atoms with Crippen molar-refractivity contribution in [3.63, 3.8) is 0 Å². The van der Waals surface area contributed by atoms with Crippen molar-refractivity contribution in [2.45, 2.75) is 0 Å². The zero-order chi connectivity index (χ0) is 21.9. The van der Waals surface area contributed by atoms with E-state index in [0.29, 0.717) is 0 Å². The molecule has 31 heavy (non-hydrogen) atoms. The van der Waals surface area contributed by atoms with Crippen LogP contribution in [0.4, 0.5) is 24.8 Å². The van der Waals surface area contributed by atoms with Crippen LogP contribution in [-0.2, 0) is 0 Å². The molecule has 11 nitrogen and oxygen atoms in total. The molecule has 0 aliphatic rings. The molecule has 5 rings (SSSR count). The number of fused-ring (bicyclic) bond motifs is 7. The second-order valence-electron chi connectivity index (χ2n) is 5.84. The van der Waals surface area contributed by atoms with E-state index in [0.717, 1.165) is 0 Å². The van der Waals surface area contributed by atoms with Crippen LogP contribution in [0.2, 0.25) is 0 Å². The van der Waals surface area contributed by atoms with Crippen molar-refractivity contribution in [3.05, 3.63) is 46.4 Å². The zero-order valence-corrected chi connectivity index (χ0v) is 14.6. The Morgan fingerprint density at radius 2 is 0.968 bits per heavy atom. The molecule has 0 amide bonds. The number of hydrogen-bond donors (Lipinski definition) is 0. The highest BCUT2D eigenvalue weighted by molar-refractivity contribution is 6.18. The predicted molar refractivity (Wildman–Crippen MR) is 95.9 cm³/mol. The summed E-state index contributed by atoms with van der Waals surface area (Å²) in [5.74, 6) is -5.03. The monoisotopic (exact) mass is 415 g/mol. The van der Waals surface area contributed by atoms with Gasteiger partial charge in [-0.2, -0.15) is 28.4 Å². The van der Waals surface area contributed by atoms with Gasteiger partial charge in [0.15, 0.2) is 5.69 Å². The number of hydrogen-bond acceptors (Lipinski definition) is 9. The molecular weight excluding hydrogens is 415 g/mol. The van der Waals surface area contributed by atoms with E-state index in [-0.39, 0.29) is 56.0 Å². The van der Waals surface area contributed by atoms with Crippen molar-refractivity contribution in [3.8, 4) is 6.07 Å². The van der Waals surface area contributed by atoms with Gasteiger partial charge < -0.3 is 9.69 Å². The van der Waals surface area contributed by atoms with Gasteiger partial charge >= 0.3 is 11.3 Å². The van der Waals surface area contributed by atoms with Crippen molar-refractivity contribution >= 4 is 56.0 Å². The molecule has 4 heterocycles. The Labute approximate surface area is 167 Å². The first-order chi connectivity index (χ1) is 14.9. The van der Waals surface area contributed by atoms with Gasteiger partial charge in [-0.1, -0.05) is 13.1 Å². The van der Waals surface area contributed by atoms with Gasteiger partial charge in [0.25, 0.3) is 23.5 Å². The number of aromatic nitrogens is 8. The molecule has 0 atom stereocenters. The summed E-state index contributed by atoms with van der Waals surface area (Å²) in [6, 6.07) is 1.52. The van der Waals surface area contributed by atoms with Gasteiger partial charge in [0.1, 0.15) is 39.2 Å². The summed E-state index contributed by atoms with van der Waals surface area (Å²) in [7, 11) is 0. The van der Waals surface area contributed by atoms with Crippen LogP contribution in [0.15, 0.2) is 0 Å². The van der Waals surface area contributed by atoms with Crippen LogP contribution in [0.1, 0.15) is 5.69 Å². The number of nitriles is 1. The molecule has 0 unspecified atom stereocenters. The van der Waals surface area contributed by atoms with Gasteiger partial charge in [-0.15, -0.1) is 9.97 Å². The van der Waals surface area contributed by atoms with Crippen molar-refractivity contribution in [1.82, 2.24) is 39.9 Å². The fourth-order valence-corrected chi connectivity index (χ4v) is 2.89. The molecule has 0 fully saturated rings. The molecular formula is C17F3N11. The number of nitrogens with zero attached hydrogens (tertiary/aromatic N) is 11. The lowest BCUT2D eigenvalue weighted by molar-refractivity contribution is 0.459. The molecule has 0 aliphatic heterocycles. The minimum absolute atomic E-state index is 0.139. The lowest BCUT2D eigenvalue weighted by atomic mass is 10.2. The molecule has 5 aromatic rings. The second-order valence-corrected chi connectivity index (χ2v) is 5.84. The van der Waals surface area contributed by atoms with E-state index in [9.17, 15) is 13.2 Å². The van der Waals surface area contributed by atoms with Crippen LogP contribution in [0, 0.1) is 42.3 Å². The zero-order valence-electron chi connectivity index (χ0n) is 14.6. The van der Waals surface area contributed by atoms with Gasteiger partial charge in [0.2, 0.25) is 5.95 Å². The molecule has 0 saturated heterocycles. The molecule has 0 spiro atoms. The van der Waals surface area contributed by atoms with E-state index in [4.69, 9.17) is 18.4 Å². The SMILES string of the molecule is [C-]#[N+]c1nc2nc3c4nc(F)c(F)nc4c4nc(F)c(C#N)nc4c3nc2nc1[N+]#[C-]. The summed E-state index contributed by atoms with van der Waals surface area (Å²) in [5.41, 5.74) is -2.59. The van der Waals surface area contributed by atoms with Gasteiger partial charge in [0, 0.05) is 0 Å². The van der Waals surface area contributed by atoms with Gasteiger partial charge in [-0.3, -0.25) is 0 Å². The van der Waals surface area contributed by atoms with E-state index >= 15 is 0 Å². The van der Waals surface area contributed by atoms with Gasteiger partial charge in [-0.25, -0.2) is 19.9 Å². The number of rotatable bonds is 0. The normalized spacial score (nSPS) is 11.0. The van der Waals surface area contributed by atoms with Crippen LogP contribution in [-0.4, -0.2) is 39.9 Å². The average Bonchev–Trinajstić information content (AvgIpc) is 2.78. The summed E-state index contributed by atoms with van der Waals surface area (Å²) in [4.78, 5) is 36.8. The number of halogens is 3. The third-order valence-electron chi connectivity index (χ3n) is 4.14. The summed E-state index contributed by atoms with van der Waals surface area (Å²) >= 11 is 0. The first-order valence-electron chi connectivity index (χ1n) is 8.01. The molecule has 0 aliphatic carbocycles. The van der Waals surface area contributed by atoms with E-state index in [2.05, 4.69) is 49.6 Å². The minimum Gasteiger partial charge on any atom is -0.370 e. The van der Waals surface area contributed by atoms with E-state index in [1.54, 1.807) is 0 Å². The fraction of sp³-hybridized carbons (Fsp3) is 0. The molecule has 0 bridgehead atoms. The summed E-state index contributed by atoms with van der Waals surface area (Å²) < 4.78 is 41.8. The van der Waals surface area contributed by atoms with Crippen LogP contribution in [0.5, 0.6) is 0 Å². The van der Waals surface area contributed by atoms with Crippen LogP contribution >= 0.6 is 0 Å². The minimum atomic E-state index is -1.56. The van der Waals surface area contributed by atoms with Crippen molar-refractivity contribution < 1.29 is 13.2 Å². The first-order valence-corrected chi connectivity index (χ1v) is 8.01. The third kappa shape index (κ3) is 2.44. The maximum atomic E-state index is 14.1. The quantitative estimate of drug-likeness (QED) is 0.212. The topological polar surface area (TPSA) is 136 Å². The van der Waals surface area contributed by atoms with Crippen LogP contribution < -0.4 is 0 Å². The maximum Gasteiger partial charge on any atom is 0.316 e. The lowest BCUT2D eigenvalue weighted by Crippen LogP contribution is -2.04. The van der Waals surface area contributed by atoms with Gasteiger partial charge in [-0.05, 0) is 0 Å². The highest BCUT2D eigenvalue weighted by Crippen LogP contribution is 2.32. The van der Waals surface area contributed by atoms with Crippen LogP contribution in [0.25, 0.3) is 54.1 Å². The van der Waals surface area contributed by atoms with Crippen LogP contribution in [0.3, 0.4) is 0 Å². The highest BCUT2D eigenvalue weighted by atomic mass is 19.2. The Bertz CT molecular complexity index is 1760. The number of benzene rings is 1. The lowest BCUT2D eigenvalue weighted by Gasteiger charge is -2.07. The predicted octanol–water partition coefficient (Wildman–Crippen LogP) is 2.85. The highest BCUT2D eigenvalue weighted by Gasteiger charge is 2.24. The third-order valence-corrected chi connectivity index (χ3v) is 4.14.